The number of anilines is 1. The van der Waals surface area contributed by atoms with Gasteiger partial charge in [-0.2, -0.15) is 0 Å². The summed E-state index contributed by atoms with van der Waals surface area (Å²) in [4.78, 5) is 4.29. The summed E-state index contributed by atoms with van der Waals surface area (Å²) in [5, 5.41) is 3.33. The van der Waals surface area contributed by atoms with Crippen molar-refractivity contribution >= 4 is 37.7 Å². The molecule has 15 heavy (non-hydrogen) atoms. The van der Waals surface area contributed by atoms with Crippen molar-refractivity contribution in [3.05, 3.63) is 21.2 Å². The molecule has 0 atom stereocenters. The molecule has 0 aliphatic heterocycles. The first kappa shape index (κ1) is 11.4. The van der Waals surface area contributed by atoms with Crippen LogP contribution in [0.5, 0.6) is 0 Å². The van der Waals surface area contributed by atoms with E-state index in [4.69, 9.17) is 5.73 Å². The molecule has 1 fully saturated rings. The van der Waals surface area contributed by atoms with Gasteiger partial charge in [0.15, 0.2) is 0 Å². The Morgan fingerprint density at radius 1 is 1.47 bits per heavy atom. The van der Waals surface area contributed by atoms with Crippen molar-refractivity contribution in [3.8, 4) is 0 Å². The van der Waals surface area contributed by atoms with Crippen LogP contribution in [0, 0.1) is 5.92 Å². The van der Waals surface area contributed by atoms with Crippen molar-refractivity contribution in [2.75, 3.05) is 11.9 Å². The summed E-state index contributed by atoms with van der Waals surface area (Å²) in [6.07, 6.45) is 4.04. The topological polar surface area (TPSA) is 50.9 Å². The van der Waals surface area contributed by atoms with Crippen LogP contribution >= 0.6 is 31.9 Å². The fourth-order valence-corrected chi connectivity index (χ4v) is 2.87. The number of hydrogen-bond donors (Lipinski definition) is 2. The summed E-state index contributed by atoms with van der Waals surface area (Å²) >= 11 is 6.84. The van der Waals surface area contributed by atoms with Crippen LogP contribution in [-0.2, 0) is 0 Å². The minimum absolute atomic E-state index is 0.415. The van der Waals surface area contributed by atoms with Gasteiger partial charge in [-0.15, -0.1) is 0 Å². The molecule has 1 aliphatic carbocycles. The second kappa shape index (κ2) is 4.80. The Labute approximate surface area is 106 Å². The van der Waals surface area contributed by atoms with Gasteiger partial charge in [0.1, 0.15) is 5.82 Å². The number of hydrogen-bond acceptors (Lipinski definition) is 3. The van der Waals surface area contributed by atoms with E-state index in [9.17, 15) is 0 Å². The van der Waals surface area contributed by atoms with Crippen molar-refractivity contribution in [2.24, 2.45) is 11.7 Å². The number of halogens is 2. The molecule has 1 aromatic rings. The number of pyridine rings is 1. The maximum atomic E-state index is 5.73. The summed E-state index contributed by atoms with van der Waals surface area (Å²) < 4.78 is 1.96. The lowest BCUT2D eigenvalue weighted by atomic mass is 9.81. The van der Waals surface area contributed by atoms with Crippen molar-refractivity contribution in [3.63, 3.8) is 0 Å². The van der Waals surface area contributed by atoms with Gasteiger partial charge in [0.2, 0.25) is 0 Å². The van der Waals surface area contributed by atoms with E-state index in [-0.39, 0.29) is 0 Å². The zero-order chi connectivity index (χ0) is 10.8. The fraction of sp³-hybridized carbons (Fsp3) is 0.500. The van der Waals surface area contributed by atoms with Crippen LogP contribution in [0.3, 0.4) is 0 Å². The third-order valence-corrected chi connectivity index (χ3v) is 3.68. The van der Waals surface area contributed by atoms with Gasteiger partial charge >= 0.3 is 0 Å². The third kappa shape index (κ3) is 2.92. The van der Waals surface area contributed by atoms with Gasteiger partial charge < -0.3 is 11.1 Å². The molecule has 0 bridgehead atoms. The lowest BCUT2D eigenvalue weighted by Gasteiger charge is -2.32. The molecular formula is C10H13Br2N3. The molecule has 82 valence electrons. The predicted molar refractivity (Wildman–Crippen MR) is 68.8 cm³/mol. The molecular weight excluding hydrogens is 322 g/mol. The predicted octanol–water partition coefficient (Wildman–Crippen LogP) is 2.76. The summed E-state index contributed by atoms with van der Waals surface area (Å²) in [6.45, 7) is 0.959. The van der Waals surface area contributed by atoms with Crippen LogP contribution < -0.4 is 11.1 Å². The van der Waals surface area contributed by atoms with Gasteiger partial charge in [-0.1, -0.05) is 0 Å². The van der Waals surface area contributed by atoms with Crippen molar-refractivity contribution in [1.82, 2.24) is 4.98 Å². The molecule has 3 nitrogen and oxygen atoms in total. The van der Waals surface area contributed by atoms with E-state index in [1.54, 1.807) is 6.20 Å². The maximum absolute atomic E-state index is 5.73. The van der Waals surface area contributed by atoms with Crippen LogP contribution in [0.15, 0.2) is 21.2 Å². The van der Waals surface area contributed by atoms with Gasteiger partial charge in [-0.05, 0) is 56.7 Å². The first-order valence-electron chi connectivity index (χ1n) is 4.95. The second-order valence-electron chi connectivity index (χ2n) is 3.96. The van der Waals surface area contributed by atoms with Crippen LogP contribution in [0.1, 0.15) is 12.8 Å². The molecule has 1 aliphatic rings. The molecule has 0 aromatic carbocycles. The average Bonchev–Trinajstić information content (AvgIpc) is 2.13. The van der Waals surface area contributed by atoms with Gasteiger partial charge in [0.05, 0.1) is 4.47 Å². The number of nitrogens with zero attached hydrogens (tertiary/aromatic N) is 1. The summed E-state index contributed by atoms with van der Waals surface area (Å²) in [5.74, 6) is 1.61. The monoisotopic (exact) mass is 333 g/mol. The quantitative estimate of drug-likeness (QED) is 0.893. The number of rotatable bonds is 3. The Morgan fingerprint density at radius 3 is 2.80 bits per heavy atom. The van der Waals surface area contributed by atoms with Gasteiger partial charge in [-0.25, -0.2) is 4.98 Å². The molecule has 0 unspecified atom stereocenters. The molecule has 1 saturated carbocycles. The van der Waals surface area contributed by atoms with Gasteiger partial charge in [-0.3, -0.25) is 0 Å². The molecule has 0 amide bonds. The minimum Gasteiger partial charge on any atom is -0.369 e. The summed E-state index contributed by atoms with van der Waals surface area (Å²) in [7, 11) is 0. The zero-order valence-corrected chi connectivity index (χ0v) is 11.4. The van der Waals surface area contributed by atoms with E-state index in [0.717, 1.165) is 34.1 Å². The molecule has 0 spiro atoms. The highest BCUT2D eigenvalue weighted by Gasteiger charge is 2.25. The largest absolute Gasteiger partial charge is 0.369 e. The Bertz CT molecular complexity index is 351. The van der Waals surface area contributed by atoms with Crippen molar-refractivity contribution in [1.29, 1.82) is 0 Å². The van der Waals surface area contributed by atoms with E-state index in [1.165, 1.54) is 0 Å². The van der Waals surface area contributed by atoms with Crippen LogP contribution in [0.4, 0.5) is 5.82 Å². The highest BCUT2D eigenvalue weighted by molar-refractivity contribution is 9.11. The Balaban J connectivity index is 1.88. The fourth-order valence-electron chi connectivity index (χ4n) is 1.74. The smallest absolute Gasteiger partial charge is 0.140 e. The normalized spacial score (nSPS) is 24.7. The first-order chi connectivity index (χ1) is 7.15. The van der Waals surface area contributed by atoms with Gasteiger partial charge in [0, 0.05) is 23.3 Å². The molecule has 5 heteroatoms. The average molecular weight is 335 g/mol. The molecule has 0 saturated heterocycles. The molecule has 0 radical (unpaired) electrons. The highest BCUT2D eigenvalue weighted by Crippen LogP contribution is 2.28. The molecule has 2 rings (SSSR count). The Hall–Kier alpha value is -0.130. The summed E-state index contributed by atoms with van der Waals surface area (Å²) in [5.41, 5.74) is 5.73. The van der Waals surface area contributed by atoms with E-state index in [0.29, 0.717) is 12.0 Å². The molecule has 3 N–H and O–H groups in total. The minimum atomic E-state index is 0.415. The van der Waals surface area contributed by atoms with Crippen LogP contribution in [0.2, 0.25) is 0 Å². The highest BCUT2D eigenvalue weighted by atomic mass is 79.9. The first-order valence-corrected chi connectivity index (χ1v) is 6.54. The van der Waals surface area contributed by atoms with Crippen LogP contribution in [-0.4, -0.2) is 17.6 Å². The van der Waals surface area contributed by atoms with E-state index < -0.39 is 0 Å². The Kier molecular flexibility index (Phi) is 3.64. The van der Waals surface area contributed by atoms with Crippen molar-refractivity contribution < 1.29 is 0 Å². The summed E-state index contributed by atoms with van der Waals surface area (Å²) in [6, 6.07) is 2.40. The number of aromatic nitrogens is 1. The SMILES string of the molecule is NC1CC(CNc2ncc(Br)cc2Br)C1. The number of nitrogens with two attached hydrogens (primary N) is 1. The maximum Gasteiger partial charge on any atom is 0.140 e. The van der Waals surface area contributed by atoms with Crippen LogP contribution in [0.25, 0.3) is 0 Å². The zero-order valence-electron chi connectivity index (χ0n) is 8.21. The standard InChI is InChI=1S/C10H13Br2N3/c11-7-3-9(12)10(15-5-7)14-4-6-1-8(13)2-6/h3,5-6,8H,1-2,4,13H2,(H,14,15). The lowest BCUT2D eigenvalue weighted by molar-refractivity contribution is 0.280. The molecule has 1 heterocycles. The van der Waals surface area contributed by atoms with E-state index >= 15 is 0 Å². The number of nitrogens with one attached hydrogen (secondary N) is 1. The lowest BCUT2D eigenvalue weighted by Crippen LogP contribution is -2.39. The molecule has 1 aromatic heterocycles. The van der Waals surface area contributed by atoms with E-state index in [1.807, 2.05) is 6.07 Å². The van der Waals surface area contributed by atoms with E-state index in [2.05, 4.69) is 42.2 Å². The third-order valence-electron chi connectivity index (χ3n) is 2.64. The van der Waals surface area contributed by atoms with Crippen molar-refractivity contribution in [2.45, 2.75) is 18.9 Å². The van der Waals surface area contributed by atoms with Gasteiger partial charge in [0.25, 0.3) is 0 Å². The Morgan fingerprint density at radius 2 is 2.20 bits per heavy atom. The second-order valence-corrected chi connectivity index (χ2v) is 5.73.